The molecule has 0 atom stereocenters. The minimum absolute atomic E-state index is 0.0844. The summed E-state index contributed by atoms with van der Waals surface area (Å²) in [6.07, 6.45) is 3.17. The number of hydrogen-bond donors (Lipinski definition) is 2. The third-order valence-electron chi connectivity index (χ3n) is 3.76. The van der Waals surface area contributed by atoms with Gasteiger partial charge in [0.2, 0.25) is 0 Å². The van der Waals surface area contributed by atoms with E-state index in [1.807, 2.05) is 12.1 Å². The van der Waals surface area contributed by atoms with Gasteiger partial charge in [-0.25, -0.2) is 4.79 Å². The fraction of sp³-hybridized carbons (Fsp3) is 0.462. The van der Waals surface area contributed by atoms with Gasteiger partial charge in [0.15, 0.2) is 0 Å². The van der Waals surface area contributed by atoms with E-state index in [0.29, 0.717) is 17.8 Å². The van der Waals surface area contributed by atoms with Crippen molar-refractivity contribution in [1.29, 1.82) is 0 Å². The van der Waals surface area contributed by atoms with Gasteiger partial charge in [-0.3, -0.25) is 0 Å². The Morgan fingerprint density at radius 2 is 2.18 bits per heavy atom. The van der Waals surface area contributed by atoms with E-state index < -0.39 is 0 Å². The first kappa shape index (κ1) is 11.9. The summed E-state index contributed by atoms with van der Waals surface area (Å²) in [4.78, 5) is 11.8. The minimum Gasteiger partial charge on any atom is -0.465 e. The van der Waals surface area contributed by atoms with Crippen molar-refractivity contribution in [2.75, 3.05) is 19.4 Å². The number of benzene rings is 1. The molecule has 0 aromatic heterocycles. The average molecular weight is 234 g/mol. The highest BCUT2D eigenvalue weighted by atomic mass is 16.5. The molecule has 92 valence electrons. The molecule has 0 heterocycles. The Bertz CT molecular complexity index is 434. The maximum Gasteiger partial charge on any atom is 0.340 e. The molecular weight excluding hydrogens is 216 g/mol. The number of rotatable bonds is 3. The Morgan fingerprint density at radius 1 is 1.47 bits per heavy atom. The molecule has 2 rings (SSSR count). The van der Waals surface area contributed by atoms with Crippen molar-refractivity contribution in [3.8, 4) is 0 Å². The molecule has 4 heteroatoms. The first-order valence-electron chi connectivity index (χ1n) is 5.82. The zero-order chi connectivity index (χ0) is 12.5. The van der Waals surface area contributed by atoms with E-state index in [9.17, 15) is 4.79 Å². The van der Waals surface area contributed by atoms with Crippen LogP contribution in [0, 0.1) is 0 Å². The van der Waals surface area contributed by atoms with Crippen LogP contribution in [0.1, 0.15) is 35.2 Å². The largest absolute Gasteiger partial charge is 0.465 e. The van der Waals surface area contributed by atoms with Crippen LogP contribution in [0.3, 0.4) is 0 Å². The molecule has 0 bridgehead atoms. The summed E-state index contributed by atoms with van der Waals surface area (Å²) in [5, 5.41) is 0. The number of anilines is 1. The highest BCUT2D eigenvalue weighted by molar-refractivity contribution is 5.97. The van der Waals surface area contributed by atoms with Crippen LogP contribution in [0.25, 0.3) is 0 Å². The number of carbonyl (C=O) groups is 1. The summed E-state index contributed by atoms with van der Waals surface area (Å²) in [5.41, 5.74) is 13.6. The molecule has 0 spiro atoms. The van der Waals surface area contributed by atoms with E-state index >= 15 is 0 Å². The van der Waals surface area contributed by atoms with Gasteiger partial charge in [0.25, 0.3) is 0 Å². The lowest BCUT2D eigenvalue weighted by atomic mass is 9.63. The van der Waals surface area contributed by atoms with Crippen molar-refractivity contribution in [2.24, 2.45) is 5.73 Å². The van der Waals surface area contributed by atoms with Crippen LogP contribution >= 0.6 is 0 Å². The second-order valence-corrected chi connectivity index (χ2v) is 4.60. The van der Waals surface area contributed by atoms with Gasteiger partial charge in [0.05, 0.1) is 12.7 Å². The highest BCUT2D eigenvalue weighted by Crippen LogP contribution is 2.45. The summed E-state index contributed by atoms with van der Waals surface area (Å²) in [7, 11) is 1.37. The SMILES string of the molecule is COC(=O)c1c(N)cccc1C1(CN)CCC1. The number of nitrogens with two attached hydrogens (primary N) is 2. The molecule has 0 radical (unpaired) electrons. The summed E-state index contributed by atoms with van der Waals surface area (Å²) in [6.45, 7) is 0.542. The maximum absolute atomic E-state index is 11.8. The zero-order valence-corrected chi connectivity index (χ0v) is 10.0. The molecule has 0 saturated heterocycles. The van der Waals surface area contributed by atoms with E-state index in [-0.39, 0.29) is 11.4 Å². The molecule has 1 aliphatic rings. The van der Waals surface area contributed by atoms with Gasteiger partial charge in [-0.1, -0.05) is 18.6 Å². The number of hydrogen-bond acceptors (Lipinski definition) is 4. The third-order valence-corrected chi connectivity index (χ3v) is 3.76. The Hall–Kier alpha value is -1.55. The topological polar surface area (TPSA) is 78.3 Å². The fourth-order valence-corrected chi connectivity index (χ4v) is 2.53. The number of methoxy groups -OCH3 is 1. The molecular formula is C13H18N2O2. The zero-order valence-electron chi connectivity index (χ0n) is 10.0. The Morgan fingerprint density at radius 3 is 2.65 bits per heavy atom. The van der Waals surface area contributed by atoms with Crippen molar-refractivity contribution in [3.63, 3.8) is 0 Å². The second kappa shape index (κ2) is 4.37. The minimum atomic E-state index is -0.377. The van der Waals surface area contributed by atoms with Gasteiger partial charge in [0, 0.05) is 17.6 Å². The van der Waals surface area contributed by atoms with Crippen LogP contribution in [0.15, 0.2) is 18.2 Å². The van der Waals surface area contributed by atoms with Gasteiger partial charge in [-0.15, -0.1) is 0 Å². The molecule has 1 saturated carbocycles. The van der Waals surface area contributed by atoms with Crippen LogP contribution in [0.5, 0.6) is 0 Å². The Balaban J connectivity index is 2.53. The lowest BCUT2D eigenvalue weighted by Crippen LogP contribution is -2.42. The molecule has 1 fully saturated rings. The Labute approximate surface area is 101 Å². The van der Waals surface area contributed by atoms with Gasteiger partial charge in [-0.05, 0) is 24.5 Å². The summed E-state index contributed by atoms with van der Waals surface area (Å²) in [6, 6.07) is 5.53. The maximum atomic E-state index is 11.8. The average Bonchev–Trinajstić information content (AvgIpc) is 2.28. The standard InChI is InChI=1S/C13H18N2O2/c1-17-12(16)11-9(4-2-5-10(11)15)13(8-14)6-3-7-13/h2,4-5H,3,6-8,14-15H2,1H3. The van der Waals surface area contributed by atoms with Crippen LogP contribution < -0.4 is 11.5 Å². The predicted molar refractivity (Wildman–Crippen MR) is 66.8 cm³/mol. The van der Waals surface area contributed by atoms with Crippen molar-refractivity contribution < 1.29 is 9.53 Å². The quantitative estimate of drug-likeness (QED) is 0.612. The fourth-order valence-electron chi connectivity index (χ4n) is 2.53. The van der Waals surface area contributed by atoms with Crippen LogP contribution in [0.4, 0.5) is 5.69 Å². The molecule has 17 heavy (non-hydrogen) atoms. The normalized spacial score (nSPS) is 17.3. The first-order valence-corrected chi connectivity index (χ1v) is 5.82. The van der Waals surface area contributed by atoms with Gasteiger partial charge in [-0.2, -0.15) is 0 Å². The van der Waals surface area contributed by atoms with Gasteiger partial charge >= 0.3 is 5.97 Å². The second-order valence-electron chi connectivity index (χ2n) is 4.60. The van der Waals surface area contributed by atoms with Crippen molar-refractivity contribution in [2.45, 2.75) is 24.7 Å². The van der Waals surface area contributed by atoms with Crippen molar-refractivity contribution >= 4 is 11.7 Å². The number of nitrogen functional groups attached to an aromatic ring is 1. The van der Waals surface area contributed by atoms with Gasteiger partial charge in [0.1, 0.15) is 0 Å². The first-order chi connectivity index (χ1) is 8.14. The number of carbonyl (C=O) groups excluding carboxylic acids is 1. The lowest BCUT2D eigenvalue weighted by Gasteiger charge is -2.42. The molecule has 1 aromatic rings. The van der Waals surface area contributed by atoms with Crippen molar-refractivity contribution in [3.05, 3.63) is 29.3 Å². The van der Waals surface area contributed by atoms with Gasteiger partial charge < -0.3 is 16.2 Å². The smallest absolute Gasteiger partial charge is 0.340 e. The number of ether oxygens (including phenoxy) is 1. The van der Waals surface area contributed by atoms with E-state index in [1.165, 1.54) is 7.11 Å². The summed E-state index contributed by atoms with van der Waals surface area (Å²) in [5.74, 6) is -0.377. The molecule has 0 amide bonds. The van der Waals surface area contributed by atoms with Crippen LogP contribution in [0.2, 0.25) is 0 Å². The lowest BCUT2D eigenvalue weighted by molar-refractivity contribution is 0.0596. The van der Waals surface area contributed by atoms with E-state index in [0.717, 1.165) is 24.8 Å². The van der Waals surface area contributed by atoms with E-state index in [4.69, 9.17) is 16.2 Å². The van der Waals surface area contributed by atoms with E-state index in [2.05, 4.69) is 0 Å². The third kappa shape index (κ3) is 1.78. The van der Waals surface area contributed by atoms with Crippen LogP contribution in [-0.2, 0) is 10.2 Å². The van der Waals surface area contributed by atoms with Crippen molar-refractivity contribution in [1.82, 2.24) is 0 Å². The molecule has 0 unspecified atom stereocenters. The Kier molecular flexibility index (Phi) is 3.07. The molecule has 1 aliphatic carbocycles. The summed E-state index contributed by atoms with van der Waals surface area (Å²) < 4.78 is 4.81. The molecule has 1 aromatic carbocycles. The molecule has 0 aliphatic heterocycles. The summed E-state index contributed by atoms with van der Waals surface area (Å²) >= 11 is 0. The predicted octanol–water partition coefficient (Wildman–Crippen LogP) is 1.44. The highest BCUT2D eigenvalue weighted by Gasteiger charge is 2.40. The molecule has 4 N–H and O–H groups in total. The monoisotopic (exact) mass is 234 g/mol. The van der Waals surface area contributed by atoms with Crippen LogP contribution in [-0.4, -0.2) is 19.6 Å². The molecule has 4 nitrogen and oxygen atoms in total. The van der Waals surface area contributed by atoms with E-state index in [1.54, 1.807) is 6.07 Å². The number of esters is 1.